The Morgan fingerprint density at radius 1 is 1.33 bits per heavy atom. The molecule has 0 saturated heterocycles. The van der Waals surface area contributed by atoms with Crippen LogP contribution < -0.4 is 20.6 Å². The second-order valence-electron chi connectivity index (χ2n) is 3.29. The lowest BCUT2D eigenvalue weighted by Gasteiger charge is -2.10. The summed E-state index contributed by atoms with van der Waals surface area (Å²) in [6.07, 6.45) is 0. The van der Waals surface area contributed by atoms with Crippen molar-refractivity contribution in [2.24, 2.45) is 10.8 Å². The summed E-state index contributed by atoms with van der Waals surface area (Å²) in [4.78, 5) is 0. The molecule has 0 unspecified atom stereocenters. The van der Waals surface area contributed by atoms with E-state index in [1.807, 2.05) is 0 Å². The van der Waals surface area contributed by atoms with Gasteiger partial charge in [-0.05, 0) is 25.1 Å². The third-order valence-corrected chi connectivity index (χ3v) is 2.14. The summed E-state index contributed by atoms with van der Waals surface area (Å²) in [5.41, 5.74) is 8.97. The summed E-state index contributed by atoms with van der Waals surface area (Å²) >= 11 is 0. The highest BCUT2D eigenvalue weighted by molar-refractivity contribution is 6.01. The molecule has 0 fully saturated rings. The predicted octanol–water partition coefficient (Wildman–Crippen LogP) is 1.33. The SMILES string of the molecule is COc1ccc(OC)c(/C(C)=N/NC(=N)N)c1.Cl. The summed E-state index contributed by atoms with van der Waals surface area (Å²) in [7, 11) is 3.17. The van der Waals surface area contributed by atoms with E-state index in [0.717, 1.165) is 5.56 Å². The lowest BCUT2D eigenvalue weighted by atomic mass is 10.1. The average Bonchev–Trinajstić information content (AvgIpc) is 2.34. The molecular weight excluding hydrogens is 256 g/mol. The number of methoxy groups -OCH3 is 2. The van der Waals surface area contributed by atoms with Gasteiger partial charge in [-0.3, -0.25) is 5.41 Å². The van der Waals surface area contributed by atoms with Gasteiger partial charge in [0.2, 0.25) is 5.96 Å². The molecule has 1 aromatic carbocycles. The van der Waals surface area contributed by atoms with Gasteiger partial charge in [0.1, 0.15) is 11.5 Å². The molecule has 0 amide bonds. The van der Waals surface area contributed by atoms with Crippen LogP contribution in [0.3, 0.4) is 0 Å². The first-order valence-electron chi connectivity index (χ1n) is 4.95. The van der Waals surface area contributed by atoms with Crippen molar-refractivity contribution in [1.29, 1.82) is 5.41 Å². The van der Waals surface area contributed by atoms with Gasteiger partial charge < -0.3 is 15.2 Å². The summed E-state index contributed by atoms with van der Waals surface area (Å²) < 4.78 is 10.4. The van der Waals surface area contributed by atoms with Gasteiger partial charge in [-0.1, -0.05) is 0 Å². The van der Waals surface area contributed by atoms with Gasteiger partial charge in [-0.25, -0.2) is 5.43 Å². The monoisotopic (exact) mass is 272 g/mol. The van der Waals surface area contributed by atoms with Gasteiger partial charge in [0.25, 0.3) is 0 Å². The van der Waals surface area contributed by atoms with Crippen molar-refractivity contribution in [3.8, 4) is 11.5 Å². The molecule has 0 aliphatic rings. The first-order valence-corrected chi connectivity index (χ1v) is 4.95. The molecule has 0 radical (unpaired) electrons. The van der Waals surface area contributed by atoms with Crippen LogP contribution in [0, 0.1) is 5.41 Å². The number of nitrogens with zero attached hydrogens (tertiary/aromatic N) is 1. The molecule has 0 aromatic heterocycles. The molecule has 7 heteroatoms. The average molecular weight is 273 g/mol. The van der Waals surface area contributed by atoms with E-state index in [0.29, 0.717) is 17.2 Å². The van der Waals surface area contributed by atoms with E-state index in [1.54, 1.807) is 39.3 Å². The Balaban J connectivity index is 0.00000289. The number of halogens is 1. The number of ether oxygens (including phenoxy) is 2. The van der Waals surface area contributed by atoms with Crippen LogP contribution in [-0.2, 0) is 0 Å². The Hall–Kier alpha value is -1.95. The van der Waals surface area contributed by atoms with Gasteiger partial charge in [0.05, 0.1) is 19.9 Å². The topological polar surface area (TPSA) is 92.7 Å². The molecule has 6 nitrogen and oxygen atoms in total. The van der Waals surface area contributed by atoms with Crippen LogP contribution in [0.5, 0.6) is 11.5 Å². The minimum Gasteiger partial charge on any atom is -0.497 e. The van der Waals surface area contributed by atoms with Crippen molar-refractivity contribution in [3.05, 3.63) is 23.8 Å². The van der Waals surface area contributed by atoms with Crippen molar-refractivity contribution in [1.82, 2.24) is 5.43 Å². The Labute approximate surface area is 112 Å². The number of hydrazone groups is 1. The first-order chi connectivity index (χ1) is 8.08. The molecule has 0 bridgehead atoms. The molecule has 0 aliphatic carbocycles. The van der Waals surface area contributed by atoms with Crippen molar-refractivity contribution in [2.75, 3.05) is 14.2 Å². The lowest BCUT2D eigenvalue weighted by Crippen LogP contribution is -2.26. The third-order valence-electron chi connectivity index (χ3n) is 2.14. The number of hydrogen-bond donors (Lipinski definition) is 3. The van der Waals surface area contributed by atoms with E-state index in [2.05, 4.69) is 10.5 Å². The molecule has 0 aliphatic heterocycles. The summed E-state index contributed by atoms with van der Waals surface area (Å²) in [5.74, 6) is 1.17. The molecule has 0 heterocycles. The Morgan fingerprint density at radius 3 is 2.50 bits per heavy atom. The quantitative estimate of drug-likeness (QED) is 0.438. The smallest absolute Gasteiger partial charge is 0.206 e. The van der Waals surface area contributed by atoms with Crippen LogP contribution in [0.2, 0.25) is 0 Å². The number of nitrogens with one attached hydrogen (secondary N) is 2. The summed E-state index contributed by atoms with van der Waals surface area (Å²) in [6.45, 7) is 1.78. The Bertz CT molecular complexity index is 449. The third kappa shape index (κ3) is 4.14. The van der Waals surface area contributed by atoms with Crippen LogP contribution in [0.4, 0.5) is 0 Å². The summed E-state index contributed by atoms with van der Waals surface area (Å²) in [6, 6.07) is 5.40. The zero-order valence-corrected chi connectivity index (χ0v) is 11.3. The molecule has 18 heavy (non-hydrogen) atoms. The fourth-order valence-electron chi connectivity index (χ4n) is 1.30. The van der Waals surface area contributed by atoms with E-state index in [4.69, 9.17) is 20.6 Å². The molecule has 100 valence electrons. The summed E-state index contributed by atoms with van der Waals surface area (Å²) in [5, 5.41) is 11.0. The molecule has 4 N–H and O–H groups in total. The van der Waals surface area contributed by atoms with Gasteiger partial charge in [0.15, 0.2) is 0 Å². The molecule has 0 saturated carbocycles. The van der Waals surface area contributed by atoms with E-state index >= 15 is 0 Å². The highest BCUT2D eigenvalue weighted by Gasteiger charge is 2.08. The van der Waals surface area contributed by atoms with E-state index in [1.165, 1.54) is 0 Å². The minimum absolute atomic E-state index is 0. The van der Waals surface area contributed by atoms with Crippen molar-refractivity contribution >= 4 is 24.1 Å². The predicted molar refractivity (Wildman–Crippen MR) is 74.1 cm³/mol. The second-order valence-corrected chi connectivity index (χ2v) is 3.29. The molecule has 1 aromatic rings. The van der Waals surface area contributed by atoms with Crippen LogP contribution in [0.25, 0.3) is 0 Å². The number of rotatable bonds is 4. The number of guanidine groups is 1. The van der Waals surface area contributed by atoms with Gasteiger partial charge >= 0.3 is 0 Å². The lowest BCUT2D eigenvalue weighted by molar-refractivity contribution is 0.402. The standard InChI is InChI=1S/C11H16N4O2.ClH/c1-7(14-15-11(12)13)9-6-8(16-2)4-5-10(9)17-3;/h4-6H,1-3H3,(H4,12,13,15);1H/b14-7+;. The fourth-order valence-corrected chi connectivity index (χ4v) is 1.30. The molecule has 0 atom stereocenters. The van der Waals surface area contributed by atoms with Crippen molar-refractivity contribution in [2.45, 2.75) is 6.92 Å². The van der Waals surface area contributed by atoms with Crippen LogP contribution >= 0.6 is 12.4 Å². The van der Waals surface area contributed by atoms with E-state index < -0.39 is 0 Å². The van der Waals surface area contributed by atoms with E-state index in [9.17, 15) is 0 Å². The van der Waals surface area contributed by atoms with Crippen LogP contribution in [-0.4, -0.2) is 25.9 Å². The number of benzene rings is 1. The highest BCUT2D eigenvalue weighted by atomic mass is 35.5. The zero-order chi connectivity index (χ0) is 12.8. The van der Waals surface area contributed by atoms with Gasteiger partial charge in [-0.15, -0.1) is 12.4 Å². The van der Waals surface area contributed by atoms with Crippen molar-refractivity contribution < 1.29 is 9.47 Å². The maximum Gasteiger partial charge on any atom is 0.206 e. The minimum atomic E-state index is -0.216. The first kappa shape index (κ1) is 16.1. The normalized spacial score (nSPS) is 10.3. The van der Waals surface area contributed by atoms with Gasteiger partial charge in [0, 0.05) is 5.56 Å². The molecule has 1 rings (SSSR count). The van der Waals surface area contributed by atoms with Crippen molar-refractivity contribution in [3.63, 3.8) is 0 Å². The highest BCUT2D eigenvalue weighted by Crippen LogP contribution is 2.24. The number of nitrogens with two attached hydrogens (primary N) is 1. The largest absolute Gasteiger partial charge is 0.497 e. The zero-order valence-electron chi connectivity index (χ0n) is 10.5. The fraction of sp³-hybridized carbons (Fsp3) is 0.273. The Kier molecular flexibility index (Phi) is 6.59. The second kappa shape index (κ2) is 7.39. The molecular formula is C11H17ClN4O2. The number of hydrogen-bond acceptors (Lipinski definition) is 4. The maximum atomic E-state index is 7.03. The van der Waals surface area contributed by atoms with Gasteiger partial charge in [-0.2, -0.15) is 5.10 Å². The van der Waals surface area contributed by atoms with Crippen LogP contribution in [0.15, 0.2) is 23.3 Å². The van der Waals surface area contributed by atoms with Crippen LogP contribution in [0.1, 0.15) is 12.5 Å². The maximum absolute atomic E-state index is 7.03. The van der Waals surface area contributed by atoms with E-state index in [-0.39, 0.29) is 18.4 Å². The Morgan fingerprint density at radius 2 is 2.00 bits per heavy atom. The molecule has 0 spiro atoms.